The monoisotopic (exact) mass is 262 g/mol. The van der Waals surface area contributed by atoms with Crippen LogP contribution in [0.15, 0.2) is 23.1 Å². The normalized spacial score (nSPS) is 29.2. The molecule has 18 heavy (non-hydrogen) atoms. The quantitative estimate of drug-likeness (QED) is 0.817. The first kappa shape index (κ1) is 12.1. The molecule has 2 aliphatic rings. The average molecular weight is 262 g/mol. The van der Waals surface area contributed by atoms with Crippen LogP contribution in [0.5, 0.6) is 0 Å². The predicted molar refractivity (Wildman–Crippen MR) is 74.9 cm³/mol. The van der Waals surface area contributed by atoms with Crippen molar-refractivity contribution in [2.24, 2.45) is 5.41 Å². The third-order valence-electron chi connectivity index (χ3n) is 3.81. The summed E-state index contributed by atoms with van der Waals surface area (Å²) in [5, 5.41) is 6.45. The highest BCUT2D eigenvalue weighted by atomic mass is 32.2. The maximum absolute atomic E-state index is 11.7. The number of nitrogens with one attached hydrogen (secondary N) is 2. The number of carbonyl (C=O) groups is 1. The van der Waals surface area contributed by atoms with Crippen LogP contribution in [0, 0.1) is 5.41 Å². The summed E-state index contributed by atoms with van der Waals surface area (Å²) in [4.78, 5) is 12.9. The molecule has 0 aromatic heterocycles. The van der Waals surface area contributed by atoms with Crippen LogP contribution in [-0.4, -0.2) is 17.7 Å². The molecule has 2 heterocycles. The minimum Gasteiger partial charge on any atom is -0.324 e. The number of carbonyl (C=O) groups excluding carboxylic acids is 1. The van der Waals surface area contributed by atoms with Gasteiger partial charge >= 0.3 is 0 Å². The highest BCUT2D eigenvalue weighted by Gasteiger charge is 2.39. The van der Waals surface area contributed by atoms with Gasteiger partial charge in [-0.15, -0.1) is 11.8 Å². The van der Waals surface area contributed by atoms with Gasteiger partial charge in [-0.2, -0.15) is 0 Å². The lowest BCUT2D eigenvalue weighted by Crippen LogP contribution is -2.52. The second-order valence-electron chi connectivity index (χ2n) is 5.81. The first-order chi connectivity index (χ1) is 8.47. The maximum Gasteiger partial charge on any atom is 0.237 e. The van der Waals surface area contributed by atoms with Crippen molar-refractivity contribution in [2.45, 2.75) is 37.0 Å². The number of fused-ring (bicyclic) bond motifs is 1. The molecule has 0 radical (unpaired) electrons. The van der Waals surface area contributed by atoms with Gasteiger partial charge in [-0.1, -0.05) is 19.9 Å². The van der Waals surface area contributed by atoms with Crippen LogP contribution in [-0.2, 0) is 4.79 Å². The number of benzene rings is 1. The van der Waals surface area contributed by atoms with Crippen molar-refractivity contribution in [2.75, 3.05) is 11.9 Å². The summed E-state index contributed by atoms with van der Waals surface area (Å²) in [6.07, 6.45) is 0. The molecule has 0 spiro atoms. The van der Waals surface area contributed by atoms with Crippen molar-refractivity contribution in [3.05, 3.63) is 23.8 Å². The summed E-state index contributed by atoms with van der Waals surface area (Å²) in [6.45, 7) is 7.52. The Kier molecular flexibility index (Phi) is 2.68. The molecule has 0 bridgehead atoms. The van der Waals surface area contributed by atoms with E-state index in [9.17, 15) is 4.79 Å². The number of anilines is 1. The number of rotatable bonds is 1. The summed E-state index contributed by atoms with van der Waals surface area (Å²) in [5.74, 6) is 0.102. The molecule has 1 aromatic carbocycles. The van der Waals surface area contributed by atoms with Crippen LogP contribution in [0.4, 0.5) is 5.69 Å². The molecule has 2 atom stereocenters. The zero-order valence-electron chi connectivity index (χ0n) is 10.9. The van der Waals surface area contributed by atoms with E-state index in [1.807, 2.05) is 6.92 Å². The molecular weight excluding hydrogens is 244 g/mol. The first-order valence-corrected chi connectivity index (χ1v) is 7.20. The largest absolute Gasteiger partial charge is 0.324 e. The van der Waals surface area contributed by atoms with Crippen LogP contribution in [0.1, 0.15) is 32.4 Å². The lowest BCUT2D eigenvalue weighted by molar-refractivity contribution is -0.115. The van der Waals surface area contributed by atoms with E-state index < -0.39 is 0 Å². The topological polar surface area (TPSA) is 41.1 Å². The van der Waals surface area contributed by atoms with Gasteiger partial charge in [0.15, 0.2) is 0 Å². The lowest BCUT2D eigenvalue weighted by atomic mass is 9.74. The summed E-state index contributed by atoms with van der Waals surface area (Å²) in [6, 6.07) is 6.81. The third-order valence-corrected chi connectivity index (χ3v) is 4.99. The van der Waals surface area contributed by atoms with Gasteiger partial charge in [-0.25, -0.2) is 0 Å². The fourth-order valence-electron chi connectivity index (χ4n) is 2.59. The van der Waals surface area contributed by atoms with Crippen LogP contribution in [0.3, 0.4) is 0 Å². The summed E-state index contributed by atoms with van der Waals surface area (Å²) in [7, 11) is 0. The second-order valence-corrected chi connectivity index (χ2v) is 7.19. The van der Waals surface area contributed by atoms with Gasteiger partial charge in [-0.05, 0) is 30.0 Å². The Morgan fingerprint density at radius 2 is 2.17 bits per heavy atom. The van der Waals surface area contributed by atoms with E-state index in [2.05, 4.69) is 42.7 Å². The first-order valence-electron chi connectivity index (χ1n) is 6.32. The van der Waals surface area contributed by atoms with E-state index in [4.69, 9.17) is 0 Å². The van der Waals surface area contributed by atoms with Crippen LogP contribution < -0.4 is 10.6 Å². The van der Waals surface area contributed by atoms with E-state index in [0.717, 1.165) is 12.2 Å². The van der Waals surface area contributed by atoms with Gasteiger partial charge < -0.3 is 10.6 Å². The van der Waals surface area contributed by atoms with E-state index in [1.54, 1.807) is 11.8 Å². The van der Waals surface area contributed by atoms with Gasteiger partial charge in [0.2, 0.25) is 5.91 Å². The molecule has 1 saturated heterocycles. The fraction of sp³-hybridized carbons (Fsp3) is 0.500. The zero-order chi connectivity index (χ0) is 12.9. The standard InChI is InChI=1S/C14H18N2OS/c1-8-13(17)16-10-6-9(4-5-11(10)18-8)12-14(2,3)7-15-12/h4-6,8,12,15H,7H2,1-3H3,(H,16,17). The van der Waals surface area contributed by atoms with Crippen molar-refractivity contribution < 1.29 is 4.79 Å². The van der Waals surface area contributed by atoms with Crippen LogP contribution in [0.25, 0.3) is 0 Å². The summed E-state index contributed by atoms with van der Waals surface area (Å²) < 4.78 is 0. The molecule has 1 amide bonds. The minimum atomic E-state index is 0.00150. The smallest absolute Gasteiger partial charge is 0.237 e. The summed E-state index contributed by atoms with van der Waals surface area (Å²) in [5.41, 5.74) is 2.53. The molecular formula is C14H18N2OS. The van der Waals surface area contributed by atoms with Crippen molar-refractivity contribution in [1.29, 1.82) is 0 Å². The highest BCUT2D eigenvalue weighted by molar-refractivity contribution is 8.00. The number of hydrogen-bond acceptors (Lipinski definition) is 3. The molecule has 0 saturated carbocycles. The molecule has 1 fully saturated rings. The molecule has 2 unspecified atom stereocenters. The highest BCUT2D eigenvalue weighted by Crippen LogP contribution is 2.43. The molecule has 3 rings (SSSR count). The van der Waals surface area contributed by atoms with Crippen molar-refractivity contribution in [3.8, 4) is 0 Å². The Balaban J connectivity index is 1.92. The second kappa shape index (κ2) is 4.00. The Labute approximate surface area is 112 Å². The van der Waals surface area contributed by atoms with E-state index in [1.165, 1.54) is 10.5 Å². The van der Waals surface area contributed by atoms with Gasteiger partial charge in [-0.3, -0.25) is 4.79 Å². The maximum atomic E-state index is 11.7. The molecule has 3 nitrogen and oxygen atoms in total. The van der Waals surface area contributed by atoms with E-state index in [0.29, 0.717) is 11.5 Å². The van der Waals surface area contributed by atoms with Crippen molar-refractivity contribution in [3.63, 3.8) is 0 Å². The summed E-state index contributed by atoms with van der Waals surface area (Å²) >= 11 is 1.63. The van der Waals surface area contributed by atoms with Gasteiger partial charge in [0.1, 0.15) is 0 Å². The third kappa shape index (κ3) is 1.84. The van der Waals surface area contributed by atoms with Crippen molar-refractivity contribution >= 4 is 23.4 Å². The molecule has 0 aliphatic carbocycles. The number of amides is 1. The Morgan fingerprint density at radius 1 is 1.39 bits per heavy atom. The molecule has 96 valence electrons. The predicted octanol–water partition coefficient (Wildman–Crippen LogP) is 2.79. The molecule has 2 aliphatic heterocycles. The lowest BCUT2D eigenvalue weighted by Gasteiger charge is -2.46. The van der Waals surface area contributed by atoms with E-state index >= 15 is 0 Å². The van der Waals surface area contributed by atoms with Crippen LogP contribution >= 0.6 is 11.8 Å². The van der Waals surface area contributed by atoms with Crippen LogP contribution in [0.2, 0.25) is 0 Å². The molecule has 4 heteroatoms. The fourth-order valence-corrected chi connectivity index (χ4v) is 3.52. The van der Waals surface area contributed by atoms with Gasteiger partial charge in [0.25, 0.3) is 0 Å². The number of thioether (sulfide) groups is 1. The Hall–Kier alpha value is -1.00. The SMILES string of the molecule is CC1Sc2ccc(C3NCC3(C)C)cc2NC1=O. The zero-order valence-corrected chi connectivity index (χ0v) is 11.7. The molecule has 2 N–H and O–H groups in total. The van der Waals surface area contributed by atoms with Crippen molar-refractivity contribution in [1.82, 2.24) is 5.32 Å². The molecule has 1 aromatic rings. The number of hydrogen-bond donors (Lipinski definition) is 2. The minimum absolute atomic E-state index is 0.00150. The van der Waals surface area contributed by atoms with Gasteiger partial charge in [0, 0.05) is 17.5 Å². The van der Waals surface area contributed by atoms with Gasteiger partial charge in [0.05, 0.1) is 10.9 Å². The average Bonchev–Trinajstić information content (AvgIpc) is 2.30. The van der Waals surface area contributed by atoms with E-state index in [-0.39, 0.29) is 11.2 Å². The Bertz CT molecular complexity index is 513. The Morgan fingerprint density at radius 3 is 2.78 bits per heavy atom.